The number of nitrogens with one attached hydrogen (secondary N) is 3. The van der Waals surface area contributed by atoms with Gasteiger partial charge in [-0.3, -0.25) is 0 Å². The van der Waals surface area contributed by atoms with E-state index in [0.29, 0.717) is 41.3 Å². The first-order valence-corrected chi connectivity index (χ1v) is 13.0. The van der Waals surface area contributed by atoms with Crippen LogP contribution in [0.2, 0.25) is 5.02 Å². The van der Waals surface area contributed by atoms with Gasteiger partial charge in [-0.15, -0.1) is 0 Å². The van der Waals surface area contributed by atoms with Crippen LogP contribution in [0, 0.1) is 11.7 Å². The molecule has 2 aliphatic rings. The molecule has 0 unspecified atom stereocenters. The quantitative estimate of drug-likeness (QED) is 0.413. The highest BCUT2D eigenvalue weighted by molar-refractivity contribution is 6.33. The second-order valence-corrected chi connectivity index (χ2v) is 10.1. The number of hydrogen-bond donors (Lipinski definition) is 3. The Morgan fingerprint density at radius 1 is 1.14 bits per heavy atom. The maximum atomic E-state index is 14.5. The summed E-state index contributed by atoms with van der Waals surface area (Å²) >= 11 is 6.48. The summed E-state index contributed by atoms with van der Waals surface area (Å²) in [5.41, 5.74) is 1.36. The SMILES string of the molecule is COC[C@@H](C)N[C@H]1CC[C@H](Nc2cc(-c3ccc(F)c(NCC4CCOCC4)n3)c(Cl)cn2)CC1. The van der Waals surface area contributed by atoms with Gasteiger partial charge in [0.2, 0.25) is 0 Å². The highest BCUT2D eigenvalue weighted by Gasteiger charge is 2.23. The summed E-state index contributed by atoms with van der Waals surface area (Å²) in [4.78, 5) is 9.04. The molecule has 2 aromatic heterocycles. The molecule has 0 amide bonds. The molecule has 0 bridgehead atoms. The molecule has 0 radical (unpaired) electrons. The molecule has 7 nitrogen and oxygen atoms in total. The molecule has 1 atom stereocenters. The van der Waals surface area contributed by atoms with Crippen molar-refractivity contribution in [3.05, 3.63) is 35.2 Å². The first-order valence-electron chi connectivity index (χ1n) is 12.7. The number of aromatic nitrogens is 2. The van der Waals surface area contributed by atoms with Gasteiger partial charge in [-0.25, -0.2) is 14.4 Å². The summed E-state index contributed by atoms with van der Waals surface area (Å²) in [6.07, 6.45) is 7.92. The molecule has 2 fully saturated rings. The normalized spacial score (nSPS) is 22.1. The van der Waals surface area contributed by atoms with Crippen molar-refractivity contribution in [1.82, 2.24) is 15.3 Å². The monoisotopic (exact) mass is 505 g/mol. The van der Waals surface area contributed by atoms with Crippen LogP contribution in [-0.2, 0) is 9.47 Å². The Bertz CT molecular complexity index is 951. The van der Waals surface area contributed by atoms with E-state index in [0.717, 1.165) is 69.7 Å². The third-order valence-electron chi connectivity index (χ3n) is 6.89. The van der Waals surface area contributed by atoms with E-state index in [1.807, 2.05) is 6.07 Å². The number of anilines is 2. The van der Waals surface area contributed by atoms with Gasteiger partial charge in [0, 0.05) is 56.8 Å². The lowest BCUT2D eigenvalue weighted by atomic mass is 9.90. The molecular formula is C26H37ClFN5O2. The zero-order chi connectivity index (χ0) is 24.6. The van der Waals surface area contributed by atoms with E-state index in [1.54, 1.807) is 19.4 Å². The van der Waals surface area contributed by atoms with Crippen LogP contribution in [0.25, 0.3) is 11.3 Å². The first-order chi connectivity index (χ1) is 17.0. The molecule has 1 aliphatic carbocycles. The number of nitrogens with zero attached hydrogens (tertiary/aromatic N) is 2. The third kappa shape index (κ3) is 7.49. The highest BCUT2D eigenvalue weighted by atomic mass is 35.5. The minimum absolute atomic E-state index is 0.255. The van der Waals surface area contributed by atoms with E-state index in [2.05, 4.69) is 32.8 Å². The molecule has 1 saturated carbocycles. The molecule has 2 aromatic rings. The Balaban J connectivity index is 1.37. The fourth-order valence-electron chi connectivity index (χ4n) is 4.94. The lowest BCUT2D eigenvalue weighted by Crippen LogP contribution is -2.42. The first kappa shape index (κ1) is 26.1. The van der Waals surface area contributed by atoms with Crippen molar-refractivity contribution in [3.63, 3.8) is 0 Å². The fraction of sp³-hybridized carbons (Fsp3) is 0.615. The second-order valence-electron chi connectivity index (χ2n) is 9.73. The Morgan fingerprint density at radius 3 is 2.63 bits per heavy atom. The lowest BCUT2D eigenvalue weighted by Gasteiger charge is -2.31. The predicted octanol–water partition coefficient (Wildman–Crippen LogP) is 5.12. The minimum Gasteiger partial charge on any atom is -0.383 e. The number of rotatable bonds is 10. The standard InChI is InChI=1S/C26H37ClFN5O2/c1-17(16-34-2)31-19-3-5-20(6-4-19)32-25-13-21(22(27)15-29-25)24-8-7-23(28)26(33-24)30-14-18-9-11-35-12-10-18/h7-8,13,15,17-20,31H,3-6,9-12,14,16H2,1-2H3,(H,29,32)(H,30,33)/t17-,19-,20-/m1/s1. The highest BCUT2D eigenvalue weighted by Crippen LogP contribution is 2.31. The molecule has 9 heteroatoms. The number of halogens is 2. The van der Waals surface area contributed by atoms with Gasteiger partial charge in [-0.2, -0.15) is 0 Å². The third-order valence-corrected chi connectivity index (χ3v) is 7.19. The molecule has 0 aromatic carbocycles. The van der Waals surface area contributed by atoms with Gasteiger partial charge in [0.15, 0.2) is 11.6 Å². The van der Waals surface area contributed by atoms with E-state index in [9.17, 15) is 4.39 Å². The fourth-order valence-corrected chi connectivity index (χ4v) is 5.14. The Labute approximate surface area is 212 Å². The molecule has 192 valence electrons. The van der Waals surface area contributed by atoms with Crippen molar-refractivity contribution < 1.29 is 13.9 Å². The molecular weight excluding hydrogens is 469 g/mol. The Hall–Kier alpha value is -2.00. The molecule has 3 heterocycles. The van der Waals surface area contributed by atoms with Crippen LogP contribution in [0.1, 0.15) is 45.4 Å². The van der Waals surface area contributed by atoms with Crippen LogP contribution in [0.5, 0.6) is 0 Å². The summed E-state index contributed by atoms with van der Waals surface area (Å²) in [6, 6.07) is 6.24. The van der Waals surface area contributed by atoms with Crippen LogP contribution in [0.15, 0.2) is 24.4 Å². The van der Waals surface area contributed by atoms with Crippen LogP contribution < -0.4 is 16.0 Å². The topological polar surface area (TPSA) is 80.3 Å². The van der Waals surface area contributed by atoms with E-state index in [-0.39, 0.29) is 11.6 Å². The van der Waals surface area contributed by atoms with Crippen molar-refractivity contribution in [1.29, 1.82) is 0 Å². The van der Waals surface area contributed by atoms with Crippen LogP contribution >= 0.6 is 11.6 Å². The van der Waals surface area contributed by atoms with Crippen molar-refractivity contribution in [3.8, 4) is 11.3 Å². The summed E-state index contributed by atoms with van der Waals surface area (Å²) in [5, 5.41) is 10.9. The lowest BCUT2D eigenvalue weighted by molar-refractivity contribution is 0.0699. The van der Waals surface area contributed by atoms with Gasteiger partial charge in [-0.05, 0) is 69.6 Å². The van der Waals surface area contributed by atoms with Crippen molar-refractivity contribution in [2.75, 3.05) is 44.1 Å². The molecule has 1 saturated heterocycles. The van der Waals surface area contributed by atoms with Gasteiger partial charge < -0.3 is 25.4 Å². The van der Waals surface area contributed by atoms with Crippen molar-refractivity contribution in [2.45, 2.75) is 63.6 Å². The van der Waals surface area contributed by atoms with E-state index < -0.39 is 0 Å². The van der Waals surface area contributed by atoms with E-state index in [1.165, 1.54) is 6.07 Å². The van der Waals surface area contributed by atoms with Crippen molar-refractivity contribution in [2.24, 2.45) is 5.92 Å². The number of ether oxygens (including phenoxy) is 2. The maximum absolute atomic E-state index is 14.5. The second kappa shape index (κ2) is 12.8. The molecule has 0 spiro atoms. The number of methoxy groups -OCH3 is 1. The molecule has 1 aliphatic heterocycles. The van der Waals surface area contributed by atoms with Gasteiger partial charge in [0.25, 0.3) is 0 Å². The maximum Gasteiger partial charge on any atom is 0.165 e. The number of pyridine rings is 2. The van der Waals surface area contributed by atoms with Gasteiger partial charge in [0.05, 0.1) is 17.3 Å². The predicted molar refractivity (Wildman–Crippen MR) is 139 cm³/mol. The largest absolute Gasteiger partial charge is 0.383 e. The summed E-state index contributed by atoms with van der Waals surface area (Å²) < 4.78 is 25.1. The molecule has 35 heavy (non-hydrogen) atoms. The van der Waals surface area contributed by atoms with Gasteiger partial charge in [0.1, 0.15) is 5.82 Å². The van der Waals surface area contributed by atoms with Gasteiger partial charge in [-0.1, -0.05) is 11.6 Å². The van der Waals surface area contributed by atoms with Crippen LogP contribution in [0.4, 0.5) is 16.0 Å². The summed E-state index contributed by atoms with van der Waals surface area (Å²) in [6.45, 7) is 5.07. The Kier molecular flexibility index (Phi) is 9.54. The minimum atomic E-state index is -0.366. The Morgan fingerprint density at radius 2 is 1.89 bits per heavy atom. The van der Waals surface area contributed by atoms with E-state index >= 15 is 0 Å². The average Bonchev–Trinajstić information content (AvgIpc) is 2.87. The van der Waals surface area contributed by atoms with Crippen LogP contribution in [0.3, 0.4) is 0 Å². The van der Waals surface area contributed by atoms with Gasteiger partial charge >= 0.3 is 0 Å². The average molecular weight is 506 g/mol. The zero-order valence-corrected chi connectivity index (χ0v) is 21.4. The van der Waals surface area contributed by atoms with Crippen LogP contribution in [-0.4, -0.2) is 61.6 Å². The van der Waals surface area contributed by atoms with E-state index in [4.69, 9.17) is 21.1 Å². The molecule has 3 N–H and O–H groups in total. The van der Waals surface area contributed by atoms with Crippen molar-refractivity contribution >= 4 is 23.2 Å². The summed E-state index contributed by atoms with van der Waals surface area (Å²) in [5.74, 6) is 1.11. The smallest absolute Gasteiger partial charge is 0.165 e. The number of hydrogen-bond acceptors (Lipinski definition) is 7. The zero-order valence-electron chi connectivity index (χ0n) is 20.7. The summed E-state index contributed by atoms with van der Waals surface area (Å²) in [7, 11) is 1.73. The molecule has 4 rings (SSSR count).